The number of aromatic nitrogens is 1. The van der Waals surface area contributed by atoms with Crippen molar-refractivity contribution < 1.29 is 0 Å². The molecule has 1 fully saturated rings. The molecule has 0 atom stereocenters. The average molecular weight is 312 g/mol. The second kappa shape index (κ2) is 7.73. The van der Waals surface area contributed by atoms with Gasteiger partial charge in [-0.25, -0.2) is 0 Å². The fourth-order valence-corrected chi connectivity index (χ4v) is 3.34. The second-order valence-corrected chi connectivity index (χ2v) is 6.65. The summed E-state index contributed by atoms with van der Waals surface area (Å²) >= 11 is 0. The number of nitrogens with zero attached hydrogens (tertiary/aromatic N) is 3. The van der Waals surface area contributed by atoms with E-state index in [1.807, 2.05) is 6.20 Å². The minimum Gasteiger partial charge on any atom is -0.370 e. The molecule has 3 rings (SSSR count). The standard InChI is InChI=1S/C19H28N4/c1-3-7-20-13-16-10-15(2)22-19-12-17(14-21-18(19)11-16)23-8-5-4-6-9-23/h11-12,14,20H,3-10,13H2,1-2H3. The summed E-state index contributed by atoms with van der Waals surface area (Å²) in [4.78, 5) is 12.0. The van der Waals surface area contributed by atoms with Gasteiger partial charge in [0.25, 0.3) is 0 Å². The van der Waals surface area contributed by atoms with Crippen LogP contribution in [0.2, 0.25) is 0 Å². The quantitative estimate of drug-likeness (QED) is 0.837. The summed E-state index contributed by atoms with van der Waals surface area (Å²) in [6.45, 7) is 8.59. The first kappa shape index (κ1) is 16.2. The van der Waals surface area contributed by atoms with Gasteiger partial charge in [0.15, 0.2) is 0 Å². The third-order valence-corrected chi connectivity index (χ3v) is 4.52. The van der Waals surface area contributed by atoms with Crippen molar-refractivity contribution in [3.05, 3.63) is 23.5 Å². The van der Waals surface area contributed by atoms with E-state index in [-0.39, 0.29) is 0 Å². The average Bonchev–Trinajstić information content (AvgIpc) is 2.72. The number of nitrogens with one attached hydrogen (secondary N) is 1. The van der Waals surface area contributed by atoms with Gasteiger partial charge in [-0.1, -0.05) is 6.92 Å². The van der Waals surface area contributed by atoms with Gasteiger partial charge >= 0.3 is 0 Å². The fourth-order valence-electron chi connectivity index (χ4n) is 3.34. The van der Waals surface area contributed by atoms with Crippen LogP contribution in [0.15, 0.2) is 22.8 Å². The molecule has 4 nitrogen and oxygen atoms in total. The van der Waals surface area contributed by atoms with Crippen molar-refractivity contribution in [2.45, 2.75) is 46.0 Å². The van der Waals surface area contributed by atoms with E-state index >= 15 is 0 Å². The number of pyridine rings is 1. The topological polar surface area (TPSA) is 40.5 Å². The van der Waals surface area contributed by atoms with E-state index in [0.717, 1.165) is 50.4 Å². The van der Waals surface area contributed by atoms with Crippen molar-refractivity contribution in [3.8, 4) is 0 Å². The lowest BCUT2D eigenvalue weighted by Gasteiger charge is -2.28. The lowest BCUT2D eigenvalue weighted by Crippen LogP contribution is -2.29. The van der Waals surface area contributed by atoms with Gasteiger partial charge in [-0.2, -0.15) is 0 Å². The molecule has 124 valence electrons. The molecule has 0 unspecified atom stereocenters. The summed E-state index contributed by atoms with van der Waals surface area (Å²) in [5, 5.41) is 3.49. The highest BCUT2D eigenvalue weighted by Gasteiger charge is 2.15. The van der Waals surface area contributed by atoms with Crippen LogP contribution in [0.5, 0.6) is 0 Å². The second-order valence-electron chi connectivity index (χ2n) is 6.65. The van der Waals surface area contributed by atoms with Crippen LogP contribution in [0.25, 0.3) is 6.08 Å². The molecular formula is C19H28N4. The molecule has 0 amide bonds. The molecule has 23 heavy (non-hydrogen) atoms. The minimum absolute atomic E-state index is 0.926. The van der Waals surface area contributed by atoms with Gasteiger partial charge in [0.1, 0.15) is 0 Å². The zero-order chi connectivity index (χ0) is 16.1. The Balaban J connectivity index is 1.82. The number of fused-ring (bicyclic) bond motifs is 1. The van der Waals surface area contributed by atoms with Crippen molar-refractivity contribution in [3.63, 3.8) is 0 Å². The van der Waals surface area contributed by atoms with E-state index in [0.29, 0.717) is 0 Å². The highest BCUT2D eigenvalue weighted by Crippen LogP contribution is 2.30. The van der Waals surface area contributed by atoms with Crippen molar-refractivity contribution in [1.29, 1.82) is 0 Å². The molecule has 2 aliphatic heterocycles. The van der Waals surface area contributed by atoms with Crippen molar-refractivity contribution >= 4 is 23.2 Å². The largest absolute Gasteiger partial charge is 0.370 e. The molecule has 0 bridgehead atoms. The van der Waals surface area contributed by atoms with Crippen LogP contribution in [-0.4, -0.2) is 36.9 Å². The summed E-state index contributed by atoms with van der Waals surface area (Å²) in [6, 6.07) is 2.22. The predicted molar refractivity (Wildman–Crippen MR) is 98.8 cm³/mol. The summed E-state index contributed by atoms with van der Waals surface area (Å²) in [5.74, 6) is 0. The van der Waals surface area contributed by atoms with Gasteiger partial charge < -0.3 is 10.2 Å². The van der Waals surface area contributed by atoms with Crippen molar-refractivity contribution in [2.75, 3.05) is 31.1 Å². The first-order valence-electron chi connectivity index (χ1n) is 8.95. The normalized spacial score (nSPS) is 18.1. The summed E-state index contributed by atoms with van der Waals surface area (Å²) in [7, 11) is 0. The highest BCUT2D eigenvalue weighted by molar-refractivity contribution is 5.91. The smallest absolute Gasteiger partial charge is 0.0906 e. The lowest BCUT2D eigenvalue weighted by atomic mass is 10.1. The van der Waals surface area contributed by atoms with E-state index in [9.17, 15) is 0 Å². The minimum atomic E-state index is 0.926. The molecule has 1 aromatic heterocycles. The Morgan fingerprint density at radius 2 is 2.04 bits per heavy atom. The lowest BCUT2D eigenvalue weighted by molar-refractivity contribution is 0.577. The molecule has 0 radical (unpaired) electrons. The number of rotatable bonds is 5. The maximum atomic E-state index is 4.82. The first-order chi connectivity index (χ1) is 11.3. The van der Waals surface area contributed by atoms with E-state index in [1.54, 1.807) is 0 Å². The molecule has 1 aromatic rings. The van der Waals surface area contributed by atoms with Crippen molar-refractivity contribution in [1.82, 2.24) is 10.3 Å². The van der Waals surface area contributed by atoms with E-state index in [1.165, 1.54) is 36.2 Å². The molecular weight excluding hydrogens is 284 g/mol. The molecule has 0 spiro atoms. The predicted octanol–water partition coefficient (Wildman–Crippen LogP) is 3.95. The zero-order valence-corrected chi connectivity index (χ0v) is 14.4. The summed E-state index contributed by atoms with van der Waals surface area (Å²) in [5.41, 5.74) is 5.80. The molecule has 1 saturated heterocycles. The Kier molecular flexibility index (Phi) is 5.44. The number of hydrogen-bond donors (Lipinski definition) is 1. The van der Waals surface area contributed by atoms with Gasteiger partial charge in [-0.05, 0) is 56.9 Å². The van der Waals surface area contributed by atoms with E-state index in [2.05, 4.69) is 36.2 Å². The molecule has 0 aliphatic carbocycles. The van der Waals surface area contributed by atoms with Gasteiger partial charge in [0.05, 0.1) is 23.3 Å². The van der Waals surface area contributed by atoms with Crippen LogP contribution in [0, 0.1) is 0 Å². The first-order valence-corrected chi connectivity index (χ1v) is 8.95. The number of anilines is 1. The number of hydrogen-bond acceptors (Lipinski definition) is 4. The fraction of sp³-hybridized carbons (Fsp3) is 0.579. The van der Waals surface area contributed by atoms with Crippen molar-refractivity contribution in [2.24, 2.45) is 4.99 Å². The van der Waals surface area contributed by atoms with E-state index in [4.69, 9.17) is 9.98 Å². The van der Waals surface area contributed by atoms with Gasteiger partial charge in [-0.15, -0.1) is 0 Å². The molecule has 3 heterocycles. The molecule has 2 aliphatic rings. The molecule has 0 saturated carbocycles. The maximum Gasteiger partial charge on any atom is 0.0906 e. The van der Waals surface area contributed by atoms with E-state index < -0.39 is 0 Å². The zero-order valence-electron chi connectivity index (χ0n) is 14.4. The Hall–Kier alpha value is -1.68. The Morgan fingerprint density at radius 3 is 2.83 bits per heavy atom. The molecule has 0 aromatic carbocycles. The number of aliphatic imine (C=N–C) groups is 1. The Morgan fingerprint density at radius 1 is 1.22 bits per heavy atom. The summed E-state index contributed by atoms with van der Waals surface area (Å²) < 4.78 is 0. The molecule has 1 N–H and O–H groups in total. The van der Waals surface area contributed by atoms with Crippen LogP contribution < -0.4 is 10.2 Å². The maximum absolute atomic E-state index is 4.82. The third kappa shape index (κ3) is 4.20. The SMILES string of the molecule is CCCNCC1=Cc2ncc(N3CCCCC3)cc2N=C(C)C1. The molecule has 4 heteroatoms. The Bertz CT molecular complexity index is 597. The highest BCUT2D eigenvalue weighted by atomic mass is 15.1. The van der Waals surface area contributed by atoms with Gasteiger partial charge in [0.2, 0.25) is 0 Å². The monoisotopic (exact) mass is 312 g/mol. The Labute approximate surface area is 139 Å². The van der Waals surface area contributed by atoms with Crippen LogP contribution >= 0.6 is 0 Å². The third-order valence-electron chi connectivity index (χ3n) is 4.52. The van der Waals surface area contributed by atoms with Crippen LogP contribution in [0.4, 0.5) is 11.4 Å². The number of piperidine rings is 1. The summed E-state index contributed by atoms with van der Waals surface area (Å²) in [6.07, 6.45) is 10.3. The van der Waals surface area contributed by atoms with Crippen LogP contribution in [0.1, 0.15) is 51.6 Å². The van der Waals surface area contributed by atoms with Crippen LogP contribution in [0.3, 0.4) is 0 Å². The van der Waals surface area contributed by atoms with Gasteiger partial charge in [-0.3, -0.25) is 9.98 Å². The van der Waals surface area contributed by atoms with Gasteiger partial charge in [0, 0.05) is 31.8 Å². The van der Waals surface area contributed by atoms with Crippen LogP contribution in [-0.2, 0) is 0 Å².